The number of carbonyl (C=O) groups excluding carboxylic acids is 3. The molecule has 7 heteroatoms. The molecule has 0 spiro atoms. The molecule has 1 aliphatic heterocycles. The van der Waals surface area contributed by atoms with E-state index < -0.39 is 11.8 Å². The van der Waals surface area contributed by atoms with Crippen LogP contribution in [0.3, 0.4) is 0 Å². The molecular weight excluding hydrogens is 286 g/mol. The van der Waals surface area contributed by atoms with Crippen molar-refractivity contribution in [2.75, 3.05) is 26.2 Å². The van der Waals surface area contributed by atoms with Crippen molar-refractivity contribution in [3.8, 4) is 0 Å². The van der Waals surface area contributed by atoms with Crippen molar-refractivity contribution in [2.24, 2.45) is 0 Å². The van der Waals surface area contributed by atoms with E-state index in [2.05, 4.69) is 5.32 Å². The molecule has 1 aromatic heterocycles. The zero-order valence-electron chi connectivity index (χ0n) is 13.1. The number of amides is 3. The van der Waals surface area contributed by atoms with Gasteiger partial charge in [-0.05, 0) is 26.8 Å². The van der Waals surface area contributed by atoms with Gasteiger partial charge in [0.05, 0.1) is 6.26 Å². The zero-order valence-corrected chi connectivity index (χ0v) is 13.1. The molecule has 0 unspecified atom stereocenters. The van der Waals surface area contributed by atoms with E-state index in [9.17, 15) is 14.4 Å². The second-order valence-corrected chi connectivity index (χ2v) is 5.65. The van der Waals surface area contributed by atoms with Gasteiger partial charge in [0.15, 0.2) is 5.76 Å². The molecule has 3 amide bonds. The van der Waals surface area contributed by atoms with E-state index in [0.717, 1.165) is 5.56 Å². The Labute approximate surface area is 129 Å². The van der Waals surface area contributed by atoms with Gasteiger partial charge in [-0.2, -0.15) is 0 Å². The van der Waals surface area contributed by atoms with Crippen LogP contribution in [0.4, 0.5) is 0 Å². The number of furan rings is 1. The summed E-state index contributed by atoms with van der Waals surface area (Å²) in [4.78, 5) is 39.1. The lowest BCUT2D eigenvalue weighted by Crippen LogP contribution is -2.54. The first-order valence-corrected chi connectivity index (χ1v) is 7.33. The predicted octanol–water partition coefficient (Wildman–Crippen LogP) is 0.397. The second kappa shape index (κ2) is 6.64. The summed E-state index contributed by atoms with van der Waals surface area (Å²) in [6, 6.07) is 1.66. The van der Waals surface area contributed by atoms with Gasteiger partial charge in [0.2, 0.25) is 0 Å². The van der Waals surface area contributed by atoms with E-state index in [1.54, 1.807) is 24.8 Å². The summed E-state index contributed by atoms with van der Waals surface area (Å²) in [6.07, 6.45) is 1.48. The molecule has 0 saturated carbocycles. The number of aryl methyl sites for hydroxylation is 1. The quantitative estimate of drug-likeness (QED) is 0.802. The highest BCUT2D eigenvalue weighted by molar-refractivity contribution is 6.35. The molecule has 22 heavy (non-hydrogen) atoms. The molecule has 0 bridgehead atoms. The van der Waals surface area contributed by atoms with Crippen LogP contribution in [-0.2, 0) is 9.59 Å². The van der Waals surface area contributed by atoms with Gasteiger partial charge < -0.3 is 19.5 Å². The lowest BCUT2D eigenvalue weighted by Gasteiger charge is -2.34. The molecule has 0 radical (unpaired) electrons. The van der Waals surface area contributed by atoms with E-state index in [1.807, 2.05) is 6.92 Å². The highest BCUT2D eigenvalue weighted by Crippen LogP contribution is 2.14. The van der Waals surface area contributed by atoms with Crippen molar-refractivity contribution < 1.29 is 18.8 Å². The van der Waals surface area contributed by atoms with Crippen LogP contribution in [0, 0.1) is 6.92 Å². The lowest BCUT2D eigenvalue weighted by atomic mass is 10.2. The third-order valence-corrected chi connectivity index (χ3v) is 3.52. The van der Waals surface area contributed by atoms with E-state index in [4.69, 9.17) is 4.42 Å². The molecule has 1 saturated heterocycles. The summed E-state index contributed by atoms with van der Waals surface area (Å²) in [6.45, 7) is 6.87. The third-order valence-electron chi connectivity index (χ3n) is 3.52. The van der Waals surface area contributed by atoms with Crippen LogP contribution in [0.15, 0.2) is 16.7 Å². The smallest absolute Gasteiger partial charge is 0.312 e. The Bertz CT molecular complexity index is 571. The number of nitrogens with one attached hydrogen (secondary N) is 1. The average Bonchev–Trinajstić information content (AvgIpc) is 2.91. The molecule has 7 nitrogen and oxygen atoms in total. The molecule has 0 aliphatic carbocycles. The van der Waals surface area contributed by atoms with Crippen LogP contribution in [0.2, 0.25) is 0 Å². The molecule has 2 heterocycles. The van der Waals surface area contributed by atoms with Crippen molar-refractivity contribution in [2.45, 2.75) is 26.8 Å². The fourth-order valence-corrected chi connectivity index (χ4v) is 2.32. The maximum Gasteiger partial charge on any atom is 0.312 e. The standard InChI is InChI=1S/C15H21N3O4/c1-10(2)16-13(19)15(21)18-7-5-17(6-8-18)14(20)12-11(3)4-9-22-12/h4,9-10H,5-8H2,1-3H3,(H,16,19). The minimum absolute atomic E-state index is 0.0822. The lowest BCUT2D eigenvalue weighted by molar-refractivity contribution is -0.147. The molecule has 1 aromatic rings. The van der Waals surface area contributed by atoms with Crippen LogP contribution in [-0.4, -0.2) is 59.7 Å². The number of carbonyl (C=O) groups is 3. The summed E-state index contributed by atoms with van der Waals surface area (Å²) in [5.74, 6) is -0.995. The Morgan fingerprint density at radius 3 is 2.23 bits per heavy atom. The Hall–Kier alpha value is -2.31. The maximum atomic E-state index is 12.3. The zero-order chi connectivity index (χ0) is 16.3. The van der Waals surface area contributed by atoms with Gasteiger partial charge in [-0.25, -0.2) is 0 Å². The highest BCUT2D eigenvalue weighted by atomic mass is 16.3. The molecule has 0 atom stereocenters. The minimum atomic E-state index is -0.600. The SMILES string of the molecule is Cc1ccoc1C(=O)N1CCN(C(=O)C(=O)NC(C)C)CC1. The molecule has 120 valence electrons. The van der Waals surface area contributed by atoms with Crippen LogP contribution in [0.5, 0.6) is 0 Å². The van der Waals surface area contributed by atoms with Gasteiger partial charge in [0.1, 0.15) is 0 Å². The summed E-state index contributed by atoms with van der Waals surface area (Å²) in [5.41, 5.74) is 0.791. The van der Waals surface area contributed by atoms with Gasteiger partial charge in [-0.1, -0.05) is 0 Å². The molecule has 1 aliphatic rings. The topological polar surface area (TPSA) is 82.9 Å². The Morgan fingerprint density at radius 2 is 1.73 bits per heavy atom. The summed E-state index contributed by atoms with van der Waals surface area (Å²) in [5, 5.41) is 2.58. The highest BCUT2D eigenvalue weighted by Gasteiger charge is 2.29. The predicted molar refractivity (Wildman–Crippen MR) is 79.2 cm³/mol. The van der Waals surface area contributed by atoms with E-state index in [-0.39, 0.29) is 11.9 Å². The number of hydrogen-bond acceptors (Lipinski definition) is 4. The molecular formula is C15H21N3O4. The molecule has 0 aromatic carbocycles. The van der Waals surface area contributed by atoms with Gasteiger partial charge in [0.25, 0.3) is 5.91 Å². The number of piperazine rings is 1. The number of nitrogens with zero attached hydrogens (tertiary/aromatic N) is 2. The monoisotopic (exact) mass is 307 g/mol. The molecule has 1 N–H and O–H groups in total. The molecule has 1 fully saturated rings. The van der Waals surface area contributed by atoms with Crippen molar-refractivity contribution in [3.05, 3.63) is 23.7 Å². The van der Waals surface area contributed by atoms with Gasteiger partial charge in [-0.3, -0.25) is 14.4 Å². The second-order valence-electron chi connectivity index (χ2n) is 5.65. The molecule has 2 rings (SSSR count). The number of hydrogen-bond donors (Lipinski definition) is 1. The van der Waals surface area contributed by atoms with Crippen LogP contribution < -0.4 is 5.32 Å². The third kappa shape index (κ3) is 3.47. The normalized spacial score (nSPS) is 15.1. The van der Waals surface area contributed by atoms with Crippen LogP contribution >= 0.6 is 0 Å². The first-order valence-electron chi connectivity index (χ1n) is 7.33. The Kier molecular flexibility index (Phi) is 4.85. The van der Waals surface area contributed by atoms with Gasteiger partial charge in [0, 0.05) is 37.8 Å². The van der Waals surface area contributed by atoms with Gasteiger partial charge in [-0.15, -0.1) is 0 Å². The van der Waals surface area contributed by atoms with E-state index in [1.165, 1.54) is 11.2 Å². The summed E-state index contributed by atoms with van der Waals surface area (Å²) >= 11 is 0. The van der Waals surface area contributed by atoms with Crippen LogP contribution in [0.1, 0.15) is 30.0 Å². The van der Waals surface area contributed by atoms with E-state index >= 15 is 0 Å². The summed E-state index contributed by atoms with van der Waals surface area (Å²) in [7, 11) is 0. The average molecular weight is 307 g/mol. The van der Waals surface area contributed by atoms with Crippen molar-refractivity contribution in [1.29, 1.82) is 0 Å². The van der Waals surface area contributed by atoms with E-state index in [0.29, 0.717) is 31.9 Å². The van der Waals surface area contributed by atoms with Gasteiger partial charge >= 0.3 is 11.8 Å². The van der Waals surface area contributed by atoms with Crippen molar-refractivity contribution >= 4 is 17.7 Å². The number of rotatable bonds is 2. The Morgan fingerprint density at radius 1 is 1.14 bits per heavy atom. The summed E-state index contributed by atoms with van der Waals surface area (Å²) < 4.78 is 5.20. The minimum Gasteiger partial charge on any atom is -0.459 e. The largest absolute Gasteiger partial charge is 0.459 e. The van der Waals surface area contributed by atoms with Crippen molar-refractivity contribution in [3.63, 3.8) is 0 Å². The fraction of sp³-hybridized carbons (Fsp3) is 0.533. The first kappa shape index (κ1) is 16.1. The first-order chi connectivity index (χ1) is 10.4. The van der Waals surface area contributed by atoms with Crippen molar-refractivity contribution in [1.82, 2.24) is 15.1 Å². The maximum absolute atomic E-state index is 12.3. The fourth-order valence-electron chi connectivity index (χ4n) is 2.32. The van der Waals surface area contributed by atoms with Crippen LogP contribution in [0.25, 0.3) is 0 Å². The Balaban J connectivity index is 1.90.